The number of anilines is 6. The topological polar surface area (TPSA) is 59.1 Å². The number of hydrogen-bond donors (Lipinski definition) is 0. The van der Waals surface area contributed by atoms with Gasteiger partial charge in [0.1, 0.15) is 11.5 Å². The van der Waals surface area contributed by atoms with Gasteiger partial charge in [0.15, 0.2) is 0 Å². The van der Waals surface area contributed by atoms with Crippen molar-refractivity contribution in [2.75, 3.05) is 9.80 Å². The SMILES string of the molecule is C=C(C)C(=O)Oc1ccc(-c2cc(C)c(N(c3ccc(C)cc3)c3ccc(C(C)(CC)c4ccc(N(c5ccc(OC(=O)C(=C)C)cc5)c5c(C)cc(-c6ccc(C)cc6)cc5C)cc4)cc3)c(C)c2)cc1. The summed E-state index contributed by atoms with van der Waals surface area (Å²) in [4.78, 5) is 29.2. The standard InChI is InChI=1S/C66H64N2O4/c1-13-66(12,54-22-28-57(29-23-54)67(56-26-16-45(7)17-27-56)62-48(10)40-53(41-49(62)11)51-20-34-60(35-21-51)71-64(69)42(2)3)55-24-30-58(31-25-55)68(59-32-36-61(37-33-59)72-65(70)43(4)5)63-46(8)38-52(39-47(63)9)50-18-14-44(6)15-19-50/h14-41H,2,4,13H2,1,3,5-12H3. The van der Waals surface area contributed by atoms with Crippen LogP contribution in [0.2, 0.25) is 0 Å². The smallest absolute Gasteiger partial charge is 0.338 e. The molecule has 0 aromatic heterocycles. The number of esters is 2. The van der Waals surface area contributed by atoms with Gasteiger partial charge in [0.2, 0.25) is 0 Å². The summed E-state index contributed by atoms with van der Waals surface area (Å²) in [6, 6.07) is 59.7. The maximum Gasteiger partial charge on any atom is 0.338 e. The Balaban J connectivity index is 1.13. The number of aryl methyl sites for hydroxylation is 6. The first-order chi connectivity index (χ1) is 34.4. The van der Waals surface area contributed by atoms with Crippen LogP contribution in [0, 0.1) is 41.5 Å². The Bertz CT molecular complexity index is 3250. The average molecular weight is 949 g/mol. The highest BCUT2D eigenvalue weighted by atomic mass is 16.5. The lowest BCUT2D eigenvalue weighted by atomic mass is 9.74. The van der Waals surface area contributed by atoms with Crippen molar-refractivity contribution in [3.8, 4) is 33.8 Å². The molecule has 6 heteroatoms. The van der Waals surface area contributed by atoms with Crippen molar-refractivity contribution in [2.24, 2.45) is 0 Å². The molecule has 1 atom stereocenters. The van der Waals surface area contributed by atoms with Crippen molar-refractivity contribution in [1.29, 1.82) is 0 Å². The molecule has 0 bridgehead atoms. The third kappa shape index (κ3) is 10.6. The largest absolute Gasteiger partial charge is 0.423 e. The van der Waals surface area contributed by atoms with E-state index in [2.05, 4.69) is 200 Å². The molecule has 0 aliphatic rings. The van der Waals surface area contributed by atoms with E-state index in [9.17, 15) is 9.59 Å². The number of nitrogens with zero attached hydrogens (tertiary/aromatic N) is 2. The molecule has 72 heavy (non-hydrogen) atoms. The predicted octanol–water partition coefficient (Wildman–Crippen LogP) is 17.5. The molecule has 6 nitrogen and oxygen atoms in total. The number of rotatable bonds is 15. The van der Waals surface area contributed by atoms with Gasteiger partial charge in [-0.25, -0.2) is 9.59 Å². The van der Waals surface area contributed by atoms with Crippen LogP contribution in [0.4, 0.5) is 34.1 Å². The van der Waals surface area contributed by atoms with Crippen LogP contribution in [0.25, 0.3) is 22.3 Å². The van der Waals surface area contributed by atoms with Crippen LogP contribution in [0.1, 0.15) is 78.6 Å². The summed E-state index contributed by atoms with van der Waals surface area (Å²) < 4.78 is 11.0. The molecule has 8 aromatic carbocycles. The monoisotopic (exact) mass is 948 g/mol. The zero-order valence-corrected chi connectivity index (χ0v) is 43.3. The number of carbonyl (C=O) groups excluding carboxylic acids is 2. The molecule has 0 aliphatic heterocycles. The second kappa shape index (κ2) is 21.0. The van der Waals surface area contributed by atoms with E-state index in [1.165, 1.54) is 33.4 Å². The van der Waals surface area contributed by atoms with Crippen LogP contribution in [0.3, 0.4) is 0 Å². The number of benzene rings is 8. The third-order valence-electron chi connectivity index (χ3n) is 13.7. The summed E-state index contributed by atoms with van der Waals surface area (Å²) in [6.07, 6.45) is 0.886. The maximum absolute atomic E-state index is 12.4. The first kappa shape index (κ1) is 50.2. The van der Waals surface area contributed by atoms with Crippen molar-refractivity contribution in [1.82, 2.24) is 0 Å². The van der Waals surface area contributed by atoms with Crippen LogP contribution < -0.4 is 19.3 Å². The van der Waals surface area contributed by atoms with E-state index in [-0.39, 0.29) is 5.41 Å². The Morgan fingerprint density at radius 2 is 0.708 bits per heavy atom. The minimum Gasteiger partial charge on any atom is -0.423 e. The number of ether oxygens (including phenoxy) is 2. The lowest BCUT2D eigenvalue weighted by Gasteiger charge is -2.33. The molecule has 0 amide bonds. The minimum atomic E-state index is -0.451. The average Bonchev–Trinajstić information content (AvgIpc) is 3.37. The highest BCUT2D eigenvalue weighted by Gasteiger charge is 2.29. The van der Waals surface area contributed by atoms with Gasteiger partial charge in [-0.3, -0.25) is 0 Å². The molecule has 0 N–H and O–H groups in total. The van der Waals surface area contributed by atoms with Crippen LogP contribution >= 0.6 is 0 Å². The number of carbonyl (C=O) groups is 2. The molecule has 0 spiro atoms. The summed E-state index contributed by atoms with van der Waals surface area (Å²) in [6.45, 7) is 28.2. The van der Waals surface area contributed by atoms with E-state index in [1.54, 1.807) is 13.8 Å². The van der Waals surface area contributed by atoms with Crippen molar-refractivity contribution in [2.45, 2.75) is 81.1 Å². The van der Waals surface area contributed by atoms with E-state index >= 15 is 0 Å². The van der Waals surface area contributed by atoms with Gasteiger partial charge in [0.05, 0.1) is 11.4 Å². The molecule has 1 unspecified atom stereocenters. The lowest BCUT2D eigenvalue weighted by Crippen LogP contribution is -2.23. The van der Waals surface area contributed by atoms with Gasteiger partial charge in [-0.2, -0.15) is 0 Å². The summed E-state index contributed by atoms with van der Waals surface area (Å²) >= 11 is 0. The molecule has 0 saturated heterocycles. The minimum absolute atomic E-state index is 0.293. The Morgan fingerprint density at radius 1 is 0.431 bits per heavy atom. The van der Waals surface area contributed by atoms with Gasteiger partial charge in [0.25, 0.3) is 0 Å². The fourth-order valence-corrected chi connectivity index (χ4v) is 9.50. The Kier molecular flexibility index (Phi) is 14.6. The molecule has 8 aromatic rings. The van der Waals surface area contributed by atoms with E-state index in [1.807, 2.05) is 48.5 Å². The highest BCUT2D eigenvalue weighted by molar-refractivity contribution is 5.90. The molecular formula is C66H64N2O4. The highest BCUT2D eigenvalue weighted by Crippen LogP contribution is 2.45. The molecule has 0 aliphatic carbocycles. The van der Waals surface area contributed by atoms with Gasteiger partial charge >= 0.3 is 11.9 Å². The van der Waals surface area contributed by atoms with Gasteiger partial charge in [-0.15, -0.1) is 0 Å². The zero-order chi connectivity index (χ0) is 51.4. The van der Waals surface area contributed by atoms with Crippen molar-refractivity contribution in [3.63, 3.8) is 0 Å². The van der Waals surface area contributed by atoms with E-state index in [0.29, 0.717) is 22.6 Å². The normalized spacial score (nSPS) is 11.9. The zero-order valence-electron chi connectivity index (χ0n) is 43.3. The molecule has 0 radical (unpaired) electrons. The molecule has 8 rings (SSSR count). The van der Waals surface area contributed by atoms with Crippen LogP contribution in [0.5, 0.6) is 11.5 Å². The van der Waals surface area contributed by atoms with Gasteiger partial charge in [-0.1, -0.05) is 111 Å². The first-order valence-corrected chi connectivity index (χ1v) is 24.6. The molecule has 362 valence electrons. The first-order valence-electron chi connectivity index (χ1n) is 24.6. The Morgan fingerprint density at radius 3 is 1.03 bits per heavy atom. The van der Waals surface area contributed by atoms with E-state index in [4.69, 9.17) is 9.47 Å². The summed E-state index contributed by atoms with van der Waals surface area (Å²) in [5.74, 6) is 0.0594. The quantitative estimate of drug-likeness (QED) is 0.0580. The van der Waals surface area contributed by atoms with Crippen LogP contribution in [-0.4, -0.2) is 11.9 Å². The second-order valence-corrected chi connectivity index (χ2v) is 19.4. The van der Waals surface area contributed by atoms with Gasteiger partial charge in [0, 0.05) is 39.3 Å². The second-order valence-electron chi connectivity index (χ2n) is 19.4. The summed E-state index contributed by atoms with van der Waals surface area (Å²) in [5, 5.41) is 0. The molecule has 0 saturated carbocycles. The lowest BCUT2D eigenvalue weighted by molar-refractivity contribution is -0.130. The maximum atomic E-state index is 12.4. The molecule has 0 heterocycles. The predicted molar refractivity (Wildman–Crippen MR) is 299 cm³/mol. The molecular weight excluding hydrogens is 885 g/mol. The fourth-order valence-electron chi connectivity index (χ4n) is 9.50. The third-order valence-corrected chi connectivity index (χ3v) is 13.7. The fraction of sp³-hybridized carbons (Fsp3) is 0.182. The van der Waals surface area contributed by atoms with Crippen molar-refractivity contribution < 1.29 is 19.1 Å². The Labute approximate surface area is 426 Å². The Hall–Kier alpha value is -8.22. The summed E-state index contributed by atoms with van der Waals surface area (Å²) in [7, 11) is 0. The van der Waals surface area contributed by atoms with Crippen LogP contribution in [-0.2, 0) is 15.0 Å². The van der Waals surface area contributed by atoms with E-state index in [0.717, 1.165) is 73.9 Å². The molecule has 0 fully saturated rings. The number of hydrogen-bond acceptors (Lipinski definition) is 6. The van der Waals surface area contributed by atoms with E-state index < -0.39 is 11.9 Å². The van der Waals surface area contributed by atoms with Crippen LogP contribution in [0.15, 0.2) is 194 Å². The van der Waals surface area contributed by atoms with Gasteiger partial charge in [-0.05, 0) is 215 Å². The summed E-state index contributed by atoms with van der Waals surface area (Å²) in [5.41, 5.74) is 20.6. The van der Waals surface area contributed by atoms with Gasteiger partial charge < -0.3 is 19.3 Å². The van der Waals surface area contributed by atoms with Crippen molar-refractivity contribution >= 4 is 46.1 Å². The van der Waals surface area contributed by atoms with Crippen molar-refractivity contribution in [3.05, 3.63) is 239 Å².